The summed E-state index contributed by atoms with van der Waals surface area (Å²) in [5.74, 6) is 0.740. The fraction of sp³-hybridized carbons (Fsp3) is 0.0833. The van der Waals surface area contributed by atoms with Crippen molar-refractivity contribution in [3.63, 3.8) is 0 Å². The second kappa shape index (κ2) is 5.07. The number of aromatic amines is 1. The van der Waals surface area contributed by atoms with Crippen LogP contribution in [0.2, 0.25) is 0 Å². The molecule has 0 aliphatic carbocycles. The van der Waals surface area contributed by atoms with Gasteiger partial charge in [0.1, 0.15) is 0 Å². The molecule has 0 bridgehead atoms. The van der Waals surface area contributed by atoms with Crippen molar-refractivity contribution in [2.75, 3.05) is 0 Å². The van der Waals surface area contributed by atoms with E-state index in [1.807, 2.05) is 28.8 Å². The number of H-pyrrole nitrogens is 1. The Morgan fingerprint density at radius 1 is 1.21 bits per heavy atom. The minimum absolute atomic E-state index is 0.521. The van der Waals surface area contributed by atoms with Gasteiger partial charge in [0, 0.05) is 24.2 Å². The number of rotatable bonds is 3. The van der Waals surface area contributed by atoms with E-state index >= 15 is 0 Å². The van der Waals surface area contributed by atoms with Crippen molar-refractivity contribution in [2.24, 2.45) is 0 Å². The predicted octanol–water partition coefficient (Wildman–Crippen LogP) is 1.84. The van der Waals surface area contributed by atoms with E-state index in [2.05, 4.69) is 25.4 Å². The van der Waals surface area contributed by atoms with Crippen molar-refractivity contribution in [3.05, 3.63) is 53.3 Å². The van der Waals surface area contributed by atoms with E-state index in [0.29, 0.717) is 11.3 Å². The zero-order valence-electron chi connectivity index (χ0n) is 9.89. The molecule has 7 heteroatoms. The van der Waals surface area contributed by atoms with Crippen molar-refractivity contribution in [1.82, 2.24) is 29.9 Å². The molecule has 0 fully saturated rings. The van der Waals surface area contributed by atoms with Crippen LogP contribution >= 0.6 is 12.2 Å². The number of pyridine rings is 1. The molecule has 3 aromatic rings. The molecule has 3 rings (SSSR count). The lowest BCUT2D eigenvalue weighted by Crippen LogP contribution is -2.04. The first-order chi connectivity index (χ1) is 9.34. The van der Waals surface area contributed by atoms with Gasteiger partial charge in [0.25, 0.3) is 0 Å². The van der Waals surface area contributed by atoms with Gasteiger partial charge in [-0.15, -0.1) is 0 Å². The van der Waals surface area contributed by atoms with E-state index < -0.39 is 0 Å². The van der Waals surface area contributed by atoms with Crippen molar-refractivity contribution in [3.8, 4) is 11.4 Å². The normalized spacial score (nSPS) is 10.5. The Morgan fingerprint density at radius 2 is 2.11 bits per heavy atom. The van der Waals surface area contributed by atoms with Crippen LogP contribution in [0.3, 0.4) is 0 Å². The molecule has 0 atom stereocenters. The predicted molar refractivity (Wildman–Crippen MR) is 71.8 cm³/mol. The first-order valence-corrected chi connectivity index (χ1v) is 6.07. The molecule has 0 aromatic carbocycles. The number of aromatic nitrogens is 6. The number of nitrogens with one attached hydrogen (secondary N) is 1. The molecular weight excluding hydrogens is 260 g/mol. The van der Waals surface area contributed by atoms with Gasteiger partial charge in [-0.1, -0.05) is 0 Å². The molecule has 0 radical (unpaired) electrons. The van der Waals surface area contributed by atoms with Crippen LogP contribution in [0.4, 0.5) is 0 Å². The summed E-state index contributed by atoms with van der Waals surface area (Å²) in [6.45, 7) is 0.521. The Morgan fingerprint density at radius 3 is 2.84 bits per heavy atom. The van der Waals surface area contributed by atoms with Gasteiger partial charge in [-0.25, -0.2) is 0 Å². The standard InChI is InChI=1S/C12H10N6S/c19-12-17-16-11(9-3-1-5-13-7-9)18(12)8-10-4-2-6-14-15-10/h1-7H,8H2,(H,17,19). The quantitative estimate of drug-likeness (QED) is 0.735. The zero-order chi connectivity index (χ0) is 13.1. The molecule has 1 N–H and O–H groups in total. The number of nitrogens with zero attached hydrogens (tertiary/aromatic N) is 5. The molecule has 0 unspecified atom stereocenters. The van der Waals surface area contributed by atoms with Crippen LogP contribution in [0.15, 0.2) is 42.9 Å². The molecule has 3 aromatic heterocycles. The van der Waals surface area contributed by atoms with Crippen molar-refractivity contribution in [1.29, 1.82) is 0 Å². The lowest BCUT2D eigenvalue weighted by Gasteiger charge is -2.05. The van der Waals surface area contributed by atoms with Crippen molar-refractivity contribution >= 4 is 12.2 Å². The Labute approximate surface area is 114 Å². The molecule has 0 aliphatic rings. The topological polar surface area (TPSA) is 72.3 Å². The molecule has 0 saturated carbocycles. The molecule has 0 amide bonds. The third-order valence-corrected chi connectivity index (χ3v) is 2.94. The number of hydrogen-bond acceptors (Lipinski definition) is 5. The van der Waals surface area contributed by atoms with E-state index in [0.717, 1.165) is 17.1 Å². The average molecular weight is 270 g/mol. The highest BCUT2D eigenvalue weighted by atomic mass is 32.1. The zero-order valence-corrected chi connectivity index (χ0v) is 10.7. The maximum Gasteiger partial charge on any atom is 0.195 e. The lowest BCUT2D eigenvalue weighted by atomic mass is 10.2. The summed E-state index contributed by atoms with van der Waals surface area (Å²) >= 11 is 5.25. The first-order valence-electron chi connectivity index (χ1n) is 5.67. The molecular formula is C12H10N6S. The third-order valence-electron chi connectivity index (χ3n) is 2.63. The molecule has 3 heterocycles. The highest BCUT2D eigenvalue weighted by Gasteiger charge is 2.09. The monoisotopic (exact) mass is 270 g/mol. The summed E-state index contributed by atoms with van der Waals surface area (Å²) in [6, 6.07) is 7.54. The van der Waals surface area contributed by atoms with E-state index in [4.69, 9.17) is 12.2 Å². The molecule has 19 heavy (non-hydrogen) atoms. The highest BCUT2D eigenvalue weighted by molar-refractivity contribution is 7.71. The molecule has 94 valence electrons. The summed E-state index contributed by atoms with van der Waals surface area (Å²) < 4.78 is 2.42. The van der Waals surface area contributed by atoms with Gasteiger partial charge in [0.15, 0.2) is 10.6 Å². The fourth-order valence-electron chi connectivity index (χ4n) is 1.76. The van der Waals surface area contributed by atoms with Gasteiger partial charge in [-0.2, -0.15) is 15.3 Å². The van der Waals surface area contributed by atoms with Crippen LogP contribution in [0, 0.1) is 4.77 Å². The molecule has 0 aliphatic heterocycles. The smallest absolute Gasteiger partial charge is 0.195 e. The SMILES string of the molecule is S=c1[nH]nc(-c2cccnc2)n1Cc1cccnn1. The van der Waals surface area contributed by atoms with E-state index in [9.17, 15) is 0 Å². The summed E-state index contributed by atoms with van der Waals surface area (Å²) in [6.07, 6.45) is 5.11. The highest BCUT2D eigenvalue weighted by Crippen LogP contribution is 2.16. The van der Waals surface area contributed by atoms with Gasteiger partial charge in [0.2, 0.25) is 0 Å². The van der Waals surface area contributed by atoms with E-state index in [-0.39, 0.29) is 0 Å². The summed E-state index contributed by atoms with van der Waals surface area (Å²) in [4.78, 5) is 4.09. The van der Waals surface area contributed by atoms with Gasteiger partial charge >= 0.3 is 0 Å². The van der Waals surface area contributed by atoms with Crippen LogP contribution in [-0.4, -0.2) is 29.9 Å². The Hall–Kier alpha value is -2.41. The first kappa shape index (κ1) is 11.7. The van der Waals surface area contributed by atoms with Gasteiger partial charge < -0.3 is 0 Å². The fourth-order valence-corrected chi connectivity index (χ4v) is 1.96. The maximum absolute atomic E-state index is 5.25. The summed E-state index contributed by atoms with van der Waals surface area (Å²) in [7, 11) is 0. The Balaban J connectivity index is 2.03. The van der Waals surface area contributed by atoms with Crippen LogP contribution in [-0.2, 0) is 6.54 Å². The Bertz CT molecular complexity index is 719. The van der Waals surface area contributed by atoms with Crippen molar-refractivity contribution in [2.45, 2.75) is 6.54 Å². The van der Waals surface area contributed by atoms with Crippen molar-refractivity contribution < 1.29 is 0 Å². The number of hydrogen-bond donors (Lipinski definition) is 1. The van der Waals surface area contributed by atoms with Gasteiger partial charge in [0.05, 0.1) is 12.2 Å². The Kier molecular flexibility index (Phi) is 3.11. The summed E-state index contributed by atoms with van der Waals surface area (Å²) in [5, 5.41) is 14.9. The molecule has 0 saturated heterocycles. The van der Waals surface area contributed by atoms with Crippen LogP contribution in [0.25, 0.3) is 11.4 Å². The minimum atomic E-state index is 0.521. The third kappa shape index (κ3) is 2.41. The van der Waals surface area contributed by atoms with Gasteiger partial charge in [-0.05, 0) is 36.5 Å². The maximum atomic E-state index is 5.25. The lowest BCUT2D eigenvalue weighted by molar-refractivity contribution is 0.747. The van der Waals surface area contributed by atoms with E-state index in [1.165, 1.54) is 0 Å². The largest absolute Gasteiger partial charge is 0.294 e. The van der Waals surface area contributed by atoms with Crippen LogP contribution in [0.1, 0.15) is 5.69 Å². The van der Waals surface area contributed by atoms with Crippen LogP contribution in [0.5, 0.6) is 0 Å². The second-order valence-corrected chi connectivity index (χ2v) is 4.28. The minimum Gasteiger partial charge on any atom is -0.294 e. The average Bonchev–Trinajstić information content (AvgIpc) is 2.82. The van der Waals surface area contributed by atoms with E-state index in [1.54, 1.807) is 18.6 Å². The van der Waals surface area contributed by atoms with Crippen LogP contribution < -0.4 is 0 Å². The molecule has 6 nitrogen and oxygen atoms in total. The molecule has 0 spiro atoms. The van der Waals surface area contributed by atoms with Gasteiger partial charge in [-0.3, -0.25) is 14.6 Å². The second-order valence-electron chi connectivity index (χ2n) is 3.90. The summed E-state index contributed by atoms with van der Waals surface area (Å²) in [5.41, 5.74) is 1.73.